The minimum Gasteiger partial charge on any atom is -0.294 e. The minimum atomic E-state index is -3.62. The molecule has 0 amide bonds. The highest BCUT2D eigenvalue weighted by atomic mass is 32.2. The first kappa shape index (κ1) is 16.9. The normalized spacial score (nSPS) is 12.8. The first-order valence-corrected chi connectivity index (χ1v) is 8.11. The quantitative estimate of drug-likeness (QED) is 0.869. The Bertz CT molecular complexity index is 610. The van der Waals surface area contributed by atoms with Gasteiger partial charge >= 0.3 is 0 Å². The fraction of sp³-hybridized carbons (Fsp3) is 0.533. The van der Waals surface area contributed by atoms with Crippen LogP contribution >= 0.6 is 0 Å². The number of hydrogen-bond donors (Lipinski definition) is 1. The zero-order valence-electron chi connectivity index (χ0n) is 12.9. The van der Waals surface area contributed by atoms with Gasteiger partial charge in [0.25, 0.3) is 0 Å². The SMILES string of the molecule is Cc1ccc(S(=O)(=O)NC(C)(C)C)cc1C(=O)C(C)C. The Hall–Kier alpha value is -1.20. The van der Waals surface area contributed by atoms with E-state index in [1.165, 1.54) is 12.1 Å². The molecule has 0 saturated carbocycles. The maximum absolute atomic E-state index is 12.3. The van der Waals surface area contributed by atoms with Crippen LogP contribution in [-0.4, -0.2) is 19.7 Å². The molecular weight excluding hydrogens is 274 g/mol. The molecule has 0 bridgehead atoms. The van der Waals surface area contributed by atoms with Crippen LogP contribution in [0.5, 0.6) is 0 Å². The number of nitrogens with one attached hydrogen (secondary N) is 1. The van der Waals surface area contributed by atoms with Crippen molar-refractivity contribution in [2.45, 2.75) is 52.0 Å². The van der Waals surface area contributed by atoms with Crippen molar-refractivity contribution in [2.75, 3.05) is 0 Å². The van der Waals surface area contributed by atoms with E-state index in [9.17, 15) is 13.2 Å². The summed E-state index contributed by atoms with van der Waals surface area (Å²) in [6, 6.07) is 4.67. The number of sulfonamides is 1. The largest absolute Gasteiger partial charge is 0.294 e. The first-order valence-electron chi connectivity index (χ1n) is 6.63. The average molecular weight is 297 g/mol. The maximum Gasteiger partial charge on any atom is 0.241 e. The second-order valence-electron chi connectivity index (χ2n) is 6.35. The number of aryl methyl sites for hydroxylation is 1. The zero-order valence-corrected chi connectivity index (χ0v) is 13.8. The lowest BCUT2D eigenvalue weighted by Gasteiger charge is -2.21. The van der Waals surface area contributed by atoms with Crippen LogP contribution in [0.2, 0.25) is 0 Å². The molecule has 0 radical (unpaired) electrons. The van der Waals surface area contributed by atoms with Crippen molar-refractivity contribution in [3.63, 3.8) is 0 Å². The van der Waals surface area contributed by atoms with Gasteiger partial charge in [-0.05, 0) is 45.4 Å². The highest BCUT2D eigenvalue weighted by Crippen LogP contribution is 2.20. The summed E-state index contributed by atoms with van der Waals surface area (Å²) >= 11 is 0. The molecule has 0 saturated heterocycles. The molecule has 112 valence electrons. The topological polar surface area (TPSA) is 63.2 Å². The molecule has 0 atom stereocenters. The third-order valence-corrected chi connectivity index (χ3v) is 4.51. The Morgan fingerprint density at radius 3 is 2.20 bits per heavy atom. The molecule has 1 aromatic carbocycles. The summed E-state index contributed by atoms with van der Waals surface area (Å²) in [5.74, 6) is -0.211. The van der Waals surface area contributed by atoms with Crippen LogP contribution in [0.15, 0.2) is 23.1 Å². The monoisotopic (exact) mass is 297 g/mol. The predicted octanol–water partition coefficient (Wildman–Crippen LogP) is 2.91. The summed E-state index contributed by atoms with van der Waals surface area (Å²) in [6.45, 7) is 10.7. The van der Waals surface area contributed by atoms with E-state index in [4.69, 9.17) is 0 Å². The smallest absolute Gasteiger partial charge is 0.241 e. The highest BCUT2D eigenvalue weighted by Gasteiger charge is 2.23. The molecule has 0 aliphatic rings. The molecule has 5 heteroatoms. The Balaban J connectivity index is 3.29. The van der Waals surface area contributed by atoms with Crippen LogP contribution in [0, 0.1) is 12.8 Å². The van der Waals surface area contributed by atoms with Gasteiger partial charge in [-0.2, -0.15) is 0 Å². The van der Waals surface area contributed by atoms with E-state index < -0.39 is 15.6 Å². The van der Waals surface area contributed by atoms with E-state index in [-0.39, 0.29) is 16.6 Å². The van der Waals surface area contributed by atoms with Crippen LogP contribution < -0.4 is 4.72 Å². The van der Waals surface area contributed by atoms with Gasteiger partial charge < -0.3 is 0 Å². The van der Waals surface area contributed by atoms with Gasteiger partial charge in [-0.1, -0.05) is 19.9 Å². The summed E-state index contributed by atoms with van der Waals surface area (Å²) in [6.07, 6.45) is 0. The molecule has 4 nitrogen and oxygen atoms in total. The van der Waals surface area contributed by atoms with Crippen molar-refractivity contribution in [1.29, 1.82) is 0 Å². The van der Waals surface area contributed by atoms with Gasteiger partial charge in [-0.3, -0.25) is 4.79 Å². The van der Waals surface area contributed by atoms with Gasteiger partial charge in [-0.25, -0.2) is 13.1 Å². The minimum absolute atomic E-state index is 0.0460. The Morgan fingerprint density at radius 1 is 1.20 bits per heavy atom. The standard InChI is InChI=1S/C15H23NO3S/c1-10(2)14(17)13-9-12(8-7-11(13)3)20(18,19)16-15(4,5)6/h7-10,16H,1-6H3. The molecule has 1 N–H and O–H groups in total. The van der Waals surface area contributed by atoms with Crippen LogP contribution in [0.4, 0.5) is 0 Å². The van der Waals surface area contributed by atoms with Gasteiger partial charge in [-0.15, -0.1) is 0 Å². The Labute approximate surface area is 121 Å². The fourth-order valence-corrected chi connectivity index (χ4v) is 3.25. The number of ketones is 1. The van der Waals surface area contributed by atoms with Crippen molar-refractivity contribution in [3.8, 4) is 0 Å². The van der Waals surface area contributed by atoms with Gasteiger partial charge in [0.1, 0.15) is 0 Å². The third kappa shape index (κ3) is 4.15. The van der Waals surface area contributed by atoms with E-state index in [0.29, 0.717) is 5.56 Å². The first-order chi connectivity index (χ1) is 8.94. The molecule has 0 fully saturated rings. The Kier molecular flexibility index (Phi) is 4.77. The van der Waals surface area contributed by atoms with Crippen molar-refractivity contribution >= 4 is 15.8 Å². The van der Waals surface area contributed by atoms with Gasteiger partial charge in [0.2, 0.25) is 10.0 Å². The summed E-state index contributed by atoms with van der Waals surface area (Å²) in [5.41, 5.74) is 0.696. The van der Waals surface area contributed by atoms with Crippen molar-refractivity contribution < 1.29 is 13.2 Å². The molecule has 20 heavy (non-hydrogen) atoms. The van der Waals surface area contributed by atoms with Crippen molar-refractivity contribution in [2.24, 2.45) is 5.92 Å². The van der Waals surface area contributed by atoms with E-state index >= 15 is 0 Å². The molecule has 0 aliphatic heterocycles. The second kappa shape index (κ2) is 5.66. The Morgan fingerprint density at radius 2 is 1.75 bits per heavy atom. The molecular formula is C15H23NO3S. The number of carbonyl (C=O) groups excluding carboxylic acids is 1. The lowest BCUT2D eigenvalue weighted by Crippen LogP contribution is -2.40. The summed E-state index contributed by atoms with van der Waals surface area (Å²) in [7, 11) is -3.62. The second-order valence-corrected chi connectivity index (χ2v) is 8.03. The molecule has 0 aromatic heterocycles. The summed E-state index contributed by atoms with van der Waals surface area (Å²) < 4.78 is 27.2. The number of benzene rings is 1. The molecule has 0 unspecified atom stereocenters. The van der Waals surface area contributed by atoms with E-state index in [1.807, 2.05) is 6.92 Å². The summed E-state index contributed by atoms with van der Waals surface area (Å²) in [4.78, 5) is 12.2. The molecule has 0 aliphatic carbocycles. The molecule has 0 spiro atoms. The highest BCUT2D eigenvalue weighted by molar-refractivity contribution is 7.89. The number of Topliss-reactive ketones (excluding diaryl/α,β-unsaturated/α-hetero) is 1. The van der Waals surface area contributed by atoms with Crippen molar-refractivity contribution in [1.82, 2.24) is 4.72 Å². The van der Waals surface area contributed by atoms with Crippen LogP contribution in [0.25, 0.3) is 0 Å². The zero-order chi connectivity index (χ0) is 15.7. The van der Waals surface area contributed by atoms with Crippen LogP contribution in [0.1, 0.15) is 50.5 Å². The lowest BCUT2D eigenvalue weighted by molar-refractivity contribution is 0.0938. The number of carbonyl (C=O) groups is 1. The average Bonchev–Trinajstić information content (AvgIpc) is 2.25. The maximum atomic E-state index is 12.3. The lowest BCUT2D eigenvalue weighted by atomic mass is 9.97. The van der Waals surface area contributed by atoms with Crippen molar-refractivity contribution in [3.05, 3.63) is 29.3 Å². The predicted molar refractivity (Wildman–Crippen MR) is 80.4 cm³/mol. The van der Waals surface area contributed by atoms with Crippen LogP contribution in [-0.2, 0) is 10.0 Å². The fourth-order valence-electron chi connectivity index (χ4n) is 1.81. The van der Waals surface area contributed by atoms with E-state index in [1.54, 1.807) is 40.7 Å². The van der Waals surface area contributed by atoms with Gasteiger partial charge in [0, 0.05) is 17.0 Å². The summed E-state index contributed by atoms with van der Waals surface area (Å²) in [5, 5.41) is 0. The molecule has 0 heterocycles. The molecule has 1 aromatic rings. The number of rotatable bonds is 4. The van der Waals surface area contributed by atoms with Gasteiger partial charge in [0.05, 0.1) is 4.90 Å². The van der Waals surface area contributed by atoms with E-state index in [0.717, 1.165) is 5.56 Å². The third-order valence-electron chi connectivity index (χ3n) is 2.75. The van der Waals surface area contributed by atoms with E-state index in [2.05, 4.69) is 4.72 Å². The van der Waals surface area contributed by atoms with Gasteiger partial charge in [0.15, 0.2) is 5.78 Å². The molecule has 1 rings (SSSR count). The number of hydrogen-bond acceptors (Lipinski definition) is 3. The van der Waals surface area contributed by atoms with Crippen LogP contribution in [0.3, 0.4) is 0 Å².